The van der Waals surface area contributed by atoms with Crippen molar-refractivity contribution in [1.29, 1.82) is 0 Å². The highest BCUT2D eigenvalue weighted by Crippen LogP contribution is 2.25. The Kier molecular flexibility index (Phi) is 4.29. The van der Waals surface area contributed by atoms with Crippen LogP contribution in [-0.4, -0.2) is 36.2 Å². The second-order valence-corrected chi connectivity index (χ2v) is 5.80. The van der Waals surface area contributed by atoms with Gasteiger partial charge in [0, 0.05) is 11.7 Å². The van der Waals surface area contributed by atoms with Crippen LogP contribution in [0.2, 0.25) is 0 Å². The molecule has 1 fully saturated rings. The van der Waals surface area contributed by atoms with Gasteiger partial charge in [0.05, 0.1) is 24.5 Å². The Hall–Kier alpha value is -1.92. The van der Waals surface area contributed by atoms with E-state index in [1.54, 1.807) is 38.1 Å². The minimum atomic E-state index is -0.968. The van der Waals surface area contributed by atoms with Crippen molar-refractivity contribution in [3.8, 4) is 0 Å². The zero-order valence-electron chi connectivity index (χ0n) is 12.1. The van der Waals surface area contributed by atoms with E-state index in [0.29, 0.717) is 24.5 Å². The van der Waals surface area contributed by atoms with Gasteiger partial charge in [0.25, 0.3) is 0 Å². The van der Waals surface area contributed by atoms with E-state index in [1.807, 2.05) is 0 Å². The summed E-state index contributed by atoms with van der Waals surface area (Å²) in [4.78, 5) is 23.2. The zero-order valence-corrected chi connectivity index (χ0v) is 12.1. The summed E-state index contributed by atoms with van der Waals surface area (Å²) in [5, 5.41) is 12.0. The number of hydrogen-bond donors (Lipinski definition) is 3. The lowest BCUT2D eigenvalue weighted by atomic mass is 9.85. The van der Waals surface area contributed by atoms with Crippen molar-refractivity contribution in [3.63, 3.8) is 0 Å². The second kappa shape index (κ2) is 5.83. The lowest BCUT2D eigenvalue weighted by Gasteiger charge is -2.20. The van der Waals surface area contributed by atoms with Crippen LogP contribution in [-0.2, 0) is 19.7 Å². The third kappa shape index (κ3) is 3.22. The summed E-state index contributed by atoms with van der Waals surface area (Å²) in [6.07, 6.45) is 0. The van der Waals surface area contributed by atoms with E-state index in [4.69, 9.17) is 10.5 Å². The summed E-state index contributed by atoms with van der Waals surface area (Å²) in [5.41, 5.74) is 6.12. The van der Waals surface area contributed by atoms with Crippen LogP contribution in [0.15, 0.2) is 24.3 Å². The summed E-state index contributed by atoms with van der Waals surface area (Å²) in [5.74, 6) is -1.42. The Morgan fingerprint density at radius 1 is 1.29 bits per heavy atom. The number of carboxylic acids is 1. The second-order valence-electron chi connectivity index (χ2n) is 5.80. The quantitative estimate of drug-likeness (QED) is 0.767. The van der Waals surface area contributed by atoms with Crippen LogP contribution in [0.3, 0.4) is 0 Å². The highest BCUT2D eigenvalue weighted by molar-refractivity contribution is 5.93. The monoisotopic (exact) mass is 292 g/mol. The molecule has 1 aromatic rings. The van der Waals surface area contributed by atoms with Gasteiger partial charge in [0.2, 0.25) is 5.91 Å². The maximum absolute atomic E-state index is 12.0. The fourth-order valence-corrected chi connectivity index (χ4v) is 2.17. The van der Waals surface area contributed by atoms with Crippen molar-refractivity contribution >= 4 is 17.6 Å². The molecule has 2 atom stereocenters. The van der Waals surface area contributed by atoms with Crippen LogP contribution < -0.4 is 11.1 Å². The minimum absolute atomic E-state index is 0.176. The summed E-state index contributed by atoms with van der Waals surface area (Å²) in [6, 6.07) is 6.51. The normalized spacial score (nSPS) is 22.0. The maximum atomic E-state index is 12.0. The molecule has 0 saturated carbocycles. The van der Waals surface area contributed by atoms with Gasteiger partial charge >= 0.3 is 5.97 Å². The van der Waals surface area contributed by atoms with Crippen molar-refractivity contribution < 1.29 is 19.4 Å². The molecule has 1 aromatic carbocycles. The number of nitrogens with two attached hydrogens (primary N) is 1. The van der Waals surface area contributed by atoms with Crippen LogP contribution in [0.1, 0.15) is 19.4 Å². The van der Waals surface area contributed by atoms with Crippen molar-refractivity contribution in [2.45, 2.75) is 25.3 Å². The molecule has 0 aliphatic carbocycles. The van der Waals surface area contributed by atoms with E-state index in [1.165, 1.54) is 0 Å². The predicted octanol–water partition coefficient (Wildman–Crippen LogP) is 0.961. The van der Waals surface area contributed by atoms with E-state index in [-0.39, 0.29) is 17.9 Å². The molecule has 1 saturated heterocycles. The first-order chi connectivity index (χ1) is 9.82. The molecule has 0 spiro atoms. The van der Waals surface area contributed by atoms with Gasteiger partial charge in [-0.2, -0.15) is 0 Å². The molecule has 1 heterocycles. The van der Waals surface area contributed by atoms with Crippen LogP contribution in [0, 0.1) is 5.92 Å². The van der Waals surface area contributed by atoms with Crippen molar-refractivity contribution in [3.05, 3.63) is 29.8 Å². The first-order valence-electron chi connectivity index (χ1n) is 6.80. The number of carbonyl (C=O) groups excluding carboxylic acids is 1. The highest BCUT2D eigenvalue weighted by Gasteiger charge is 2.32. The first kappa shape index (κ1) is 15.5. The van der Waals surface area contributed by atoms with Gasteiger partial charge in [-0.15, -0.1) is 0 Å². The number of nitrogens with one attached hydrogen (secondary N) is 1. The number of hydrogen-bond acceptors (Lipinski definition) is 4. The molecule has 0 radical (unpaired) electrons. The molecule has 6 heteroatoms. The van der Waals surface area contributed by atoms with Crippen molar-refractivity contribution in [1.82, 2.24) is 0 Å². The third-order valence-electron chi connectivity index (χ3n) is 3.87. The van der Waals surface area contributed by atoms with Crippen LogP contribution in [0.5, 0.6) is 0 Å². The molecule has 21 heavy (non-hydrogen) atoms. The molecule has 2 unspecified atom stereocenters. The lowest BCUT2D eigenvalue weighted by Crippen LogP contribution is -2.37. The Morgan fingerprint density at radius 3 is 2.38 bits per heavy atom. The van der Waals surface area contributed by atoms with Crippen molar-refractivity contribution in [2.75, 3.05) is 18.5 Å². The summed E-state index contributed by atoms with van der Waals surface area (Å²) in [6.45, 7) is 4.00. The van der Waals surface area contributed by atoms with Gasteiger partial charge in [-0.1, -0.05) is 12.1 Å². The highest BCUT2D eigenvalue weighted by atomic mass is 16.5. The summed E-state index contributed by atoms with van der Waals surface area (Å²) in [7, 11) is 0. The van der Waals surface area contributed by atoms with Crippen LogP contribution in [0.25, 0.3) is 0 Å². The number of ether oxygens (including phenoxy) is 1. The van der Waals surface area contributed by atoms with Crippen LogP contribution >= 0.6 is 0 Å². The Labute approximate surface area is 123 Å². The molecule has 0 aromatic heterocycles. The van der Waals surface area contributed by atoms with Gasteiger partial charge < -0.3 is 20.9 Å². The fraction of sp³-hybridized carbons (Fsp3) is 0.467. The van der Waals surface area contributed by atoms with Crippen molar-refractivity contribution in [2.24, 2.45) is 11.7 Å². The Bertz CT molecular complexity index is 539. The largest absolute Gasteiger partial charge is 0.481 e. The van der Waals surface area contributed by atoms with Gasteiger partial charge in [-0.3, -0.25) is 9.59 Å². The number of benzene rings is 1. The number of carboxylic acid groups (broad SMARTS) is 1. The maximum Gasteiger partial charge on any atom is 0.313 e. The molecule has 2 rings (SSSR count). The smallest absolute Gasteiger partial charge is 0.313 e. The van der Waals surface area contributed by atoms with E-state index >= 15 is 0 Å². The molecule has 1 aliphatic rings. The SMILES string of the molecule is CC(C)(C(=O)O)c1ccc(NC(=O)C2COCC2N)cc1. The molecule has 6 nitrogen and oxygen atoms in total. The third-order valence-corrected chi connectivity index (χ3v) is 3.87. The average Bonchev–Trinajstić information content (AvgIpc) is 2.85. The van der Waals surface area contributed by atoms with Gasteiger partial charge in [0.15, 0.2) is 0 Å². The van der Waals surface area contributed by atoms with E-state index in [2.05, 4.69) is 5.32 Å². The molecular weight excluding hydrogens is 272 g/mol. The lowest BCUT2D eigenvalue weighted by molar-refractivity contribution is -0.142. The van der Waals surface area contributed by atoms with Gasteiger partial charge in [-0.25, -0.2) is 0 Å². The first-order valence-corrected chi connectivity index (χ1v) is 6.80. The topological polar surface area (TPSA) is 102 Å². The minimum Gasteiger partial charge on any atom is -0.481 e. The summed E-state index contributed by atoms with van der Waals surface area (Å²) < 4.78 is 5.17. The number of carbonyl (C=O) groups is 2. The number of aliphatic carboxylic acids is 1. The van der Waals surface area contributed by atoms with E-state index < -0.39 is 11.4 Å². The molecule has 1 amide bonds. The predicted molar refractivity (Wildman–Crippen MR) is 78.0 cm³/mol. The number of amides is 1. The zero-order chi connectivity index (χ0) is 15.6. The molecule has 4 N–H and O–H groups in total. The standard InChI is InChI=1S/C15H20N2O4/c1-15(2,14(19)20)9-3-5-10(6-4-9)17-13(18)11-7-21-8-12(11)16/h3-6,11-12H,7-8,16H2,1-2H3,(H,17,18)(H,19,20). The average molecular weight is 292 g/mol. The fourth-order valence-electron chi connectivity index (χ4n) is 2.17. The molecule has 0 bridgehead atoms. The van der Waals surface area contributed by atoms with E-state index in [0.717, 1.165) is 0 Å². The van der Waals surface area contributed by atoms with Gasteiger partial charge in [0.1, 0.15) is 0 Å². The molecule has 1 aliphatic heterocycles. The van der Waals surface area contributed by atoms with Gasteiger partial charge in [-0.05, 0) is 31.5 Å². The Morgan fingerprint density at radius 2 is 1.90 bits per heavy atom. The molecule has 114 valence electrons. The molecular formula is C15H20N2O4. The number of rotatable bonds is 4. The summed E-state index contributed by atoms with van der Waals surface area (Å²) >= 11 is 0. The van der Waals surface area contributed by atoms with E-state index in [9.17, 15) is 14.7 Å². The van der Waals surface area contributed by atoms with Crippen LogP contribution in [0.4, 0.5) is 5.69 Å². The number of anilines is 1. The Balaban J connectivity index is 2.06.